The molecule has 1 aliphatic heterocycles. The summed E-state index contributed by atoms with van der Waals surface area (Å²) in [7, 11) is 0. The summed E-state index contributed by atoms with van der Waals surface area (Å²) < 4.78 is 66.6. The minimum absolute atomic E-state index is 0.152. The van der Waals surface area contributed by atoms with Crippen LogP contribution in [0.1, 0.15) is 5.56 Å². The molecule has 134 valence electrons. The van der Waals surface area contributed by atoms with E-state index in [4.69, 9.17) is 21.1 Å². The van der Waals surface area contributed by atoms with Gasteiger partial charge in [-0.2, -0.15) is 13.2 Å². The average Bonchev–Trinajstić information content (AvgIpc) is 2.54. The smallest absolute Gasteiger partial charge is 0.416 e. The van der Waals surface area contributed by atoms with Crippen LogP contribution in [0.4, 0.5) is 17.6 Å². The van der Waals surface area contributed by atoms with Gasteiger partial charge in [0.15, 0.2) is 11.5 Å². The number of hydrogen-bond acceptors (Lipinski definition) is 3. The lowest BCUT2D eigenvalue weighted by Gasteiger charge is -2.28. The fraction of sp³-hybridized carbons (Fsp3) is 0.250. The van der Waals surface area contributed by atoms with Gasteiger partial charge in [0, 0.05) is 51.6 Å². The van der Waals surface area contributed by atoms with E-state index in [0.29, 0.717) is 6.54 Å². The van der Waals surface area contributed by atoms with Crippen LogP contribution >= 0.6 is 34.5 Å². The van der Waals surface area contributed by atoms with Crippen molar-refractivity contribution in [1.82, 2.24) is 3.53 Å². The lowest BCUT2D eigenvalue weighted by atomic mass is 10.0. The van der Waals surface area contributed by atoms with Crippen molar-refractivity contribution in [2.24, 2.45) is 0 Å². The molecule has 2 aromatic rings. The summed E-state index contributed by atoms with van der Waals surface area (Å²) in [5.41, 5.74) is -0.403. The van der Waals surface area contributed by atoms with E-state index < -0.39 is 17.6 Å². The minimum Gasteiger partial charge on any atom is -0.486 e. The van der Waals surface area contributed by atoms with Gasteiger partial charge in [-0.05, 0) is 18.2 Å². The number of ether oxygens (including phenoxy) is 2. The maximum Gasteiger partial charge on any atom is 0.416 e. The molecule has 9 heteroatoms. The first-order valence-corrected chi connectivity index (χ1v) is 8.59. The first-order valence-electron chi connectivity index (χ1n) is 7.13. The summed E-state index contributed by atoms with van der Waals surface area (Å²) in [5, 5.41) is -0.152. The van der Waals surface area contributed by atoms with Crippen molar-refractivity contribution < 1.29 is 27.0 Å². The van der Waals surface area contributed by atoms with Crippen molar-refractivity contribution in [1.29, 1.82) is 0 Å². The maximum absolute atomic E-state index is 13.9. The standard InChI is InChI=1S/C16H11ClF4INO2/c17-13-3-8(16(19,20)21)1-2-11(13)12-4-9(18)5-14-15(12)25-10(6-23-22)7-24-14/h1-5,10,23H,6-7H2/t10-/m0/s1. The summed E-state index contributed by atoms with van der Waals surface area (Å²) in [4.78, 5) is 0. The number of nitrogens with one attached hydrogen (secondary N) is 1. The molecule has 25 heavy (non-hydrogen) atoms. The SMILES string of the molecule is Fc1cc2c(c(-c3ccc(C(F)(F)F)cc3Cl)c1)O[C@@H](CNI)CO2. The van der Waals surface area contributed by atoms with E-state index >= 15 is 0 Å². The minimum atomic E-state index is -4.51. The normalized spacial score (nSPS) is 16.8. The summed E-state index contributed by atoms with van der Waals surface area (Å²) in [6, 6.07) is 5.23. The largest absolute Gasteiger partial charge is 0.486 e. The van der Waals surface area contributed by atoms with E-state index in [2.05, 4.69) is 3.53 Å². The number of fused-ring (bicyclic) bond motifs is 1. The molecule has 0 spiro atoms. The van der Waals surface area contributed by atoms with Gasteiger partial charge in [0.1, 0.15) is 18.5 Å². The van der Waals surface area contributed by atoms with Gasteiger partial charge in [-0.3, -0.25) is 3.53 Å². The van der Waals surface area contributed by atoms with Crippen molar-refractivity contribution in [3.8, 4) is 22.6 Å². The van der Waals surface area contributed by atoms with E-state index in [1.54, 1.807) is 0 Å². The fourth-order valence-corrected chi connectivity index (χ4v) is 3.25. The molecule has 0 fully saturated rings. The van der Waals surface area contributed by atoms with Crippen LogP contribution in [0, 0.1) is 5.82 Å². The van der Waals surface area contributed by atoms with Crippen molar-refractivity contribution in [3.05, 3.63) is 46.7 Å². The molecule has 0 aromatic heterocycles. The van der Waals surface area contributed by atoms with Crippen LogP contribution in [0.25, 0.3) is 11.1 Å². The molecule has 1 N–H and O–H groups in total. The molecule has 0 amide bonds. The Hall–Kier alpha value is -1.26. The van der Waals surface area contributed by atoms with Gasteiger partial charge in [-0.25, -0.2) is 4.39 Å². The van der Waals surface area contributed by atoms with Gasteiger partial charge in [0.25, 0.3) is 0 Å². The Morgan fingerprint density at radius 3 is 2.60 bits per heavy atom. The molecular formula is C16H11ClF4INO2. The Morgan fingerprint density at radius 2 is 1.96 bits per heavy atom. The van der Waals surface area contributed by atoms with Crippen LogP contribution < -0.4 is 13.0 Å². The van der Waals surface area contributed by atoms with Gasteiger partial charge < -0.3 is 9.47 Å². The first-order chi connectivity index (χ1) is 11.8. The van der Waals surface area contributed by atoms with Gasteiger partial charge in [-0.15, -0.1) is 0 Å². The summed E-state index contributed by atoms with van der Waals surface area (Å²) >= 11 is 7.99. The third-order valence-electron chi connectivity index (χ3n) is 3.62. The van der Waals surface area contributed by atoms with Crippen molar-refractivity contribution in [2.75, 3.05) is 13.2 Å². The van der Waals surface area contributed by atoms with Crippen molar-refractivity contribution in [2.45, 2.75) is 12.3 Å². The molecule has 3 rings (SSSR count). The highest BCUT2D eigenvalue weighted by Gasteiger charge is 2.32. The molecule has 3 nitrogen and oxygen atoms in total. The molecule has 0 bridgehead atoms. The predicted octanol–water partition coefficient (Wildman–Crippen LogP) is 5.24. The molecule has 2 aromatic carbocycles. The molecular weight excluding hydrogens is 477 g/mol. The summed E-state index contributed by atoms with van der Waals surface area (Å²) in [6.45, 7) is 0.712. The Labute approximate surface area is 159 Å². The van der Waals surface area contributed by atoms with Gasteiger partial charge in [0.2, 0.25) is 0 Å². The molecule has 0 unspecified atom stereocenters. The van der Waals surface area contributed by atoms with E-state index in [1.807, 2.05) is 22.9 Å². The van der Waals surface area contributed by atoms with Crippen molar-refractivity contribution in [3.63, 3.8) is 0 Å². The highest BCUT2D eigenvalue weighted by Crippen LogP contribution is 2.45. The molecule has 1 heterocycles. The quantitative estimate of drug-likeness (QED) is 0.365. The second-order valence-electron chi connectivity index (χ2n) is 5.36. The van der Waals surface area contributed by atoms with E-state index in [1.165, 1.54) is 12.1 Å². The van der Waals surface area contributed by atoms with Gasteiger partial charge in [0.05, 0.1) is 5.56 Å². The van der Waals surface area contributed by atoms with Crippen LogP contribution in [0.3, 0.4) is 0 Å². The van der Waals surface area contributed by atoms with Crippen LogP contribution in [0.2, 0.25) is 5.02 Å². The monoisotopic (exact) mass is 487 g/mol. The zero-order valence-corrected chi connectivity index (χ0v) is 15.4. The summed E-state index contributed by atoms with van der Waals surface area (Å²) in [6.07, 6.45) is -4.83. The molecule has 0 aliphatic carbocycles. The first kappa shape index (κ1) is 18.5. The topological polar surface area (TPSA) is 30.5 Å². The Morgan fingerprint density at radius 1 is 1.20 bits per heavy atom. The molecule has 0 saturated heterocycles. The second-order valence-corrected chi connectivity index (χ2v) is 6.53. The highest BCUT2D eigenvalue weighted by molar-refractivity contribution is 14.1. The van der Waals surface area contributed by atoms with Gasteiger partial charge in [-0.1, -0.05) is 17.7 Å². The number of rotatable bonds is 3. The van der Waals surface area contributed by atoms with Crippen LogP contribution in [-0.4, -0.2) is 19.3 Å². The van der Waals surface area contributed by atoms with E-state index in [0.717, 1.165) is 18.2 Å². The third kappa shape index (κ3) is 3.95. The molecule has 1 aliphatic rings. The third-order valence-corrected chi connectivity index (χ3v) is 4.37. The number of halogens is 6. The predicted molar refractivity (Wildman–Crippen MR) is 93.8 cm³/mol. The highest BCUT2D eigenvalue weighted by atomic mass is 127. The Balaban J connectivity index is 2.07. The zero-order chi connectivity index (χ0) is 18.2. The van der Waals surface area contributed by atoms with Crippen LogP contribution in [0.15, 0.2) is 30.3 Å². The lowest BCUT2D eigenvalue weighted by Crippen LogP contribution is -2.36. The molecule has 0 saturated carbocycles. The van der Waals surface area contributed by atoms with Crippen LogP contribution in [0.5, 0.6) is 11.5 Å². The van der Waals surface area contributed by atoms with E-state index in [9.17, 15) is 17.6 Å². The summed E-state index contributed by atoms with van der Waals surface area (Å²) in [5.74, 6) is -0.152. The Bertz CT molecular complexity index is 800. The average molecular weight is 488 g/mol. The van der Waals surface area contributed by atoms with E-state index in [-0.39, 0.29) is 40.4 Å². The number of benzene rings is 2. The fourth-order valence-electron chi connectivity index (χ4n) is 2.48. The molecule has 0 radical (unpaired) electrons. The number of alkyl halides is 3. The van der Waals surface area contributed by atoms with Crippen molar-refractivity contribution >= 4 is 34.5 Å². The second kappa shape index (κ2) is 7.16. The lowest BCUT2D eigenvalue weighted by molar-refractivity contribution is -0.137. The van der Waals surface area contributed by atoms with Gasteiger partial charge >= 0.3 is 6.18 Å². The zero-order valence-electron chi connectivity index (χ0n) is 12.5. The Kier molecular flexibility index (Phi) is 5.31. The van der Waals surface area contributed by atoms with Crippen LogP contribution in [-0.2, 0) is 6.18 Å². The maximum atomic E-state index is 13.9. The number of hydrogen-bond donors (Lipinski definition) is 1. The molecule has 1 atom stereocenters.